The van der Waals surface area contributed by atoms with Crippen LogP contribution in [0.1, 0.15) is 18.4 Å². The second-order valence-electron chi connectivity index (χ2n) is 10.1. The molecule has 1 fully saturated rings. The molecule has 13 heteroatoms. The van der Waals surface area contributed by atoms with Crippen LogP contribution in [0.3, 0.4) is 0 Å². The Kier molecular flexibility index (Phi) is 9.00. The molecule has 0 bridgehead atoms. The van der Waals surface area contributed by atoms with E-state index in [1.54, 1.807) is 12.1 Å². The molecule has 6 N–H and O–H groups in total. The van der Waals surface area contributed by atoms with Crippen molar-refractivity contribution in [1.82, 2.24) is 20.1 Å². The number of hydrogen-bond acceptors (Lipinski definition) is 9. The van der Waals surface area contributed by atoms with Crippen LogP contribution in [-0.4, -0.2) is 59.0 Å². The van der Waals surface area contributed by atoms with Gasteiger partial charge >= 0.3 is 0 Å². The van der Waals surface area contributed by atoms with Gasteiger partial charge in [-0.1, -0.05) is 30.3 Å². The van der Waals surface area contributed by atoms with E-state index >= 15 is 0 Å². The van der Waals surface area contributed by atoms with Crippen molar-refractivity contribution in [2.75, 3.05) is 22.4 Å². The number of aromatic nitrogens is 3. The van der Waals surface area contributed by atoms with Crippen molar-refractivity contribution in [3.05, 3.63) is 90.8 Å². The van der Waals surface area contributed by atoms with E-state index in [0.29, 0.717) is 11.4 Å². The van der Waals surface area contributed by atoms with Crippen LogP contribution >= 0.6 is 0 Å². The average molecular weight is 592 g/mol. The number of carbonyl (C=O) groups excluding carboxylic acids is 1. The number of nitrogen functional groups attached to an aromatic ring is 1. The highest BCUT2D eigenvalue weighted by Crippen LogP contribution is 2.22. The van der Waals surface area contributed by atoms with Crippen molar-refractivity contribution in [2.45, 2.75) is 48.9 Å². The van der Waals surface area contributed by atoms with Crippen molar-refractivity contribution in [3.8, 4) is 5.75 Å². The van der Waals surface area contributed by atoms with Gasteiger partial charge < -0.3 is 26.2 Å². The van der Waals surface area contributed by atoms with E-state index in [1.165, 1.54) is 35.3 Å². The van der Waals surface area contributed by atoms with Crippen LogP contribution in [-0.2, 0) is 27.8 Å². The van der Waals surface area contributed by atoms with Gasteiger partial charge in [0.05, 0.1) is 4.90 Å². The first-order valence-corrected chi connectivity index (χ1v) is 15.0. The summed E-state index contributed by atoms with van der Waals surface area (Å²) in [7, 11) is -3.83. The molecule has 1 amide bonds. The molecule has 2 heterocycles. The van der Waals surface area contributed by atoms with E-state index in [1.807, 2.05) is 42.5 Å². The largest absolute Gasteiger partial charge is 0.491 e. The molecule has 1 saturated heterocycles. The fraction of sp³-hybridized carbons (Fsp3) is 0.276. The van der Waals surface area contributed by atoms with E-state index in [4.69, 9.17) is 10.5 Å². The first-order chi connectivity index (χ1) is 20.2. The lowest BCUT2D eigenvalue weighted by Gasteiger charge is -2.20. The number of aliphatic hydroxyl groups is 1. The van der Waals surface area contributed by atoms with Crippen LogP contribution in [0.2, 0.25) is 0 Å². The lowest BCUT2D eigenvalue weighted by atomic mass is 10.0. The molecule has 0 aliphatic carbocycles. The number of nitrogens with one attached hydrogen (secondary N) is 3. The molecule has 4 aromatic rings. The maximum absolute atomic E-state index is 12.9. The van der Waals surface area contributed by atoms with E-state index in [9.17, 15) is 18.3 Å². The summed E-state index contributed by atoms with van der Waals surface area (Å²) < 4.78 is 35.4. The van der Waals surface area contributed by atoms with Crippen LogP contribution in [0.15, 0.2) is 90.1 Å². The van der Waals surface area contributed by atoms with Gasteiger partial charge in [-0.3, -0.25) is 9.52 Å². The van der Waals surface area contributed by atoms with Gasteiger partial charge in [0, 0.05) is 23.5 Å². The van der Waals surface area contributed by atoms with Crippen molar-refractivity contribution >= 4 is 33.3 Å². The third kappa shape index (κ3) is 7.84. The van der Waals surface area contributed by atoms with E-state index in [2.05, 4.69) is 25.4 Å². The zero-order valence-corrected chi connectivity index (χ0v) is 23.6. The predicted molar refractivity (Wildman–Crippen MR) is 158 cm³/mol. The molecule has 1 aromatic heterocycles. The van der Waals surface area contributed by atoms with E-state index in [-0.39, 0.29) is 42.0 Å². The molecule has 42 heavy (non-hydrogen) atoms. The number of benzene rings is 3. The summed E-state index contributed by atoms with van der Waals surface area (Å²) in [6.45, 7) is 0.144. The Labute approximate surface area is 244 Å². The fourth-order valence-corrected chi connectivity index (χ4v) is 5.85. The minimum absolute atomic E-state index is 0.0439. The molecular weight excluding hydrogens is 558 g/mol. The second-order valence-corrected chi connectivity index (χ2v) is 11.8. The van der Waals surface area contributed by atoms with Gasteiger partial charge in [-0.25, -0.2) is 18.1 Å². The summed E-state index contributed by atoms with van der Waals surface area (Å²) in [5.41, 5.74) is 7.38. The van der Waals surface area contributed by atoms with Crippen molar-refractivity contribution in [3.63, 3.8) is 0 Å². The van der Waals surface area contributed by atoms with Crippen LogP contribution in [0.4, 0.5) is 17.3 Å². The molecule has 220 valence electrons. The Bertz CT molecular complexity index is 1580. The zero-order valence-electron chi connectivity index (χ0n) is 22.8. The predicted octanol–water partition coefficient (Wildman–Crippen LogP) is 2.40. The van der Waals surface area contributed by atoms with Crippen molar-refractivity contribution in [2.24, 2.45) is 0 Å². The standard InChI is InChI=1S/C29H33N7O5S/c30-29-31-19-36(34-29)17-28(38)33-21-10-13-25(14-11-21)42(39,40)35-22-8-6-20(7-9-22)16-23-12-15-26(32-23)27(37)18-41-24-4-2-1-3-5-24/h1-11,13-14,19,23,26-27,32,35,37H,12,15-18H2,(H2,30,34)(H,33,38)/t23-,26+,27+/m0/s1. The quantitative estimate of drug-likeness (QED) is 0.166. The number of ether oxygens (including phenoxy) is 1. The third-order valence-corrected chi connectivity index (χ3v) is 8.30. The average Bonchev–Trinajstić information content (AvgIpc) is 3.62. The minimum atomic E-state index is -3.83. The summed E-state index contributed by atoms with van der Waals surface area (Å²) >= 11 is 0. The highest BCUT2D eigenvalue weighted by Gasteiger charge is 2.29. The van der Waals surface area contributed by atoms with Gasteiger partial charge in [0.15, 0.2) is 0 Å². The number of rotatable bonds is 12. The molecule has 3 atom stereocenters. The zero-order chi connectivity index (χ0) is 29.5. The van der Waals surface area contributed by atoms with E-state index in [0.717, 1.165) is 30.6 Å². The number of para-hydroxylation sites is 1. The van der Waals surface area contributed by atoms with Gasteiger partial charge in [0.1, 0.15) is 31.3 Å². The number of sulfonamides is 1. The smallest absolute Gasteiger partial charge is 0.261 e. The van der Waals surface area contributed by atoms with Crippen molar-refractivity contribution in [1.29, 1.82) is 0 Å². The van der Waals surface area contributed by atoms with Crippen LogP contribution < -0.4 is 25.8 Å². The molecule has 3 aromatic carbocycles. The van der Waals surface area contributed by atoms with E-state index < -0.39 is 16.1 Å². The number of aliphatic hydroxyl groups excluding tert-OH is 1. The fourth-order valence-electron chi connectivity index (χ4n) is 4.79. The lowest BCUT2D eigenvalue weighted by Crippen LogP contribution is -2.42. The molecule has 1 aliphatic heterocycles. The number of amides is 1. The summed E-state index contributed by atoms with van der Waals surface area (Å²) in [5, 5.41) is 20.6. The van der Waals surface area contributed by atoms with Crippen LogP contribution in [0.25, 0.3) is 0 Å². The maximum atomic E-state index is 12.9. The molecule has 12 nitrogen and oxygen atoms in total. The molecule has 0 saturated carbocycles. The van der Waals surface area contributed by atoms with Crippen LogP contribution in [0, 0.1) is 0 Å². The SMILES string of the molecule is Nc1ncn(CC(=O)Nc2ccc(S(=O)(=O)Nc3ccc(C[C@@H]4CC[C@H]([C@H](O)COc5ccccc5)N4)cc3)cc2)n1. The second kappa shape index (κ2) is 13.0. The molecule has 0 spiro atoms. The van der Waals surface area contributed by atoms with Gasteiger partial charge in [0.2, 0.25) is 11.9 Å². The molecule has 0 radical (unpaired) electrons. The van der Waals surface area contributed by atoms with Gasteiger partial charge in [-0.2, -0.15) is 0 Å². The first-order valence-electron chi connectivity index (χ1n) is 13.5. The van der Waals surface area contributed by atoms with Gasteiger partial charge in [-0.15, -0.1) is 5.10 Å². The Morgan fingerprint density at radius 3 is 2.45 bits per heavy atom. The lowest BCUT2D eigenvalue weighted by molar-refractivity contribution is -0.116. The van der Waals surface area contributed by atoms with Gasteiger partial charge in [-0.05, 0) is 73.4 Å². The summed E-state index contributed by atoms with van der Waals surface area (Å²) in [6.07, 6.45) is 3.26. The number of nitrogens with two attached hydrogens (primary N) is 1. The van der Waals surface area contributed by atoms with Gasteiger partial charge in [0.25, 0.3) is 10.0 Å². The topological polar surface area (TPSA) is 173 Å². The Balaban J connectivity index is 1.09. The minimum Gasteiger partial charge on any atom is -0.491 e. The number of hydrogen-bond donors (Lipinski definition) is 5. The summed E-state index contributed by atoms with van der Waals surface area (Å²) in [4.78, 5) is 16.0. The molecule has 0 unspecified atom stereocenters. The third-order valence-electron chi connectivity index (χ3n) is 6.90. The van der Waals surface area contributed by atoms with Crippen LogP contribution in [0.5, 0.6) is 5.75 Å². The Morgan fingerprint density at radius 1 is 1.05 bits per heavy atom. The summed E-state index contributed by atoms with van der Waals surface area (Å²) in [5.74, 6) is 0.445. The highest BCUT2D eigenvalue weighted by molar-refractivity contribution is 7.92. The normalized spacial score (nSPS) is 17.5. The molecule has 1 aliphatic rings. The number of anilines is 3. The summed E-state index contributed by atoms with van der Waals surface area (Å²) in [6, 6.07) is 22.7. The molecular formula is C29H33N7O5S. The Hall–Kier alpha value is -4.46. The number of nitrogens with zero attached hydrogens (tertiary/aromatic N) is 3. The number of carbonyl (C=O) groups is 1. The maximum Gasteiger partial charge on any atom is 0.261 e. The first kappa shape index (κ1) is 29.0. The monoisotopic (exact) mass is 591 g/mol. The Morgan fingerprint density at radius 2 is 1.76 bits per heavy atom. The molecule has 5 rings (SSSR count). The highest BCUT2D eigenvalue weighted by atomic mass is 32.2. The van der Waals surface area contributed by atoms with Crippen molar-refractivity contribution < 1.29 is 23.1 Å².